The van der Waals surface area contributed by atoms with Crippen LogP contribution in [0.2, 0.25) is 5.02 Å². The van der Waals surface area contributed by atoms with Crippen molar-refractivity contribution in [1.82, 2.24) is 5.43 Å². The smallest absolute Gasteiger partial charge is 0.274 e. The molecule has 0 heterocycles. The second-order valence-corrected chi connectivity index (χ2v) is 5.51. The van der Waals surface area contributed by atoms with E-state index in [2.05, 4.69) is 26.2 Å². The molecule has 1 aromatic rings. The van der Waals surface area contributed by atoms with Gasteiger partial charge in [-0.25, -0.2) is 5.84 Å². The Morgan fingerprint density at radius 3 is 2.65 bits per heavy atom. The van der Waals surface area contributed by atoms with E-state index in [1.54, 1.807) is 6.07 Å². The van der Waals surface area contributed by atoms with Gasteiger partial charge in [-0.05, 0) is 36.5 Å². The fraction of sp³-hybridized carbons (Fsp3) is 0.533. The Morgan fingerprint density at radius 2 is 2.15 bits per heavy atom. The van der Waals surface area contributed by atoms with E-state index < -0.39 is 6.10 Å². The maximum absolute atomic E-state index is 11.7. The van der Waals surface area contributed by atoms with Crippen LogP contribution in [-0.4, -0.2) is 12.0 Å². The maximum atomic E-state index is 11.7. The summed E-state index contributed by atoms with van der Waals surface area (Å²) in [5, 5.41) is 0.516. The van der Waals surface area contributed by atoms with Crippen LogP contribution >= 0.6 is 11.6 Å². The third-order valence-electron chi connectivity index (χ3n) is 3.15. The van der Waals surface area contributed by atoms with E-state index in [0.717, 1.165) is 18.4 Å². The number of benzene rings is 1. The van der Waals surface area contributed by atoms with Gasteiger partial charge >= 0.3 is 0 Å². The number of hydrazine groups is 1. The number of rotatable bonds is 7. The van der Waals surface area contributed by atoms with Crippen LogP contribution in [0, 0.1) is 0 Å². The first kappa shape index (κ1) is 16.8. The highest BCUT2D eigenvalue weighted by Crippen LogP contribution is 2.29. The molecule has 5 heteroatoms. The Balaban J connectivity index is 2.85. The number of halogens is 1. The molecule has 0 saturated heterocycles. The van der Waals surface area contributed by atoms with Gasteiger partial charge in [-0.2, -0.15) is 0 Å². The predicted octanol–water partition coefficient (Wildman–Crippen LogP) is 3.39. The summed E-state index contributed by atoms with van der Waals surface area (Å²) >= 11 is 6.21. The zero-order chi connectivity index (χ0) is 15.1. The van der Waals surface area contributed by atoms with E-state index in [1.807, 2.05) is 12.1 Å². The molecule has 1 aromatic carbocycles. The third-order valence-corrected chi connectivity index (χ3v) is 3.44. The molecule has 20 heavy (non-hydrogen) atoms. The Bertz CT molecular complexity index is 449. The number of amides is 1. The molecule has 3 N–H and O–H groups in total. The fourth-order valence-corrected chi connectivity index (χ4v) is 2.08. The summed E-state index contributed by atoms with van der Waals surface area (Å²) in [7, 11) is 0. The van der Waals surface area contributed by atoms with Crippen LogP contribution in [0.15, 0.2) is 18.2 Å². The van der Waals surface area contributed by atoms with Crippen LogP contribution in [0.25, 0.3) is 0 Å². The number of carbonyl (C=O) groups is 1. The molecule has 0 saturated carbocycles. The van der Waals surface area contributed by atoms with Crippen molar-refractivity contribution in [3.63, 3.8) is 0 Å². The summed E-state index contributed by atoms with van der Waals surface area (Å²) in [5.74, 6) is 5.76. The van der Waals surface area contributed by atoms with Crippen molar-refractivity contribution < 1.29 is 9.53 Å². The van der Waals surface area contributed by atoms with Gasteiger partial charge < -0.3 is 4.74 Å². The third kappa shape index (κ3) is 4.69. The normalized spacial score (nSPS) is 12.3. The monoisotopic (exact) mass is 298 g/mol. The number of hydrogen-bond acceptors (Lipinski definition) is 3. The number of ether oxygens (including phenoxy) is 1. The summed E-state index contributed by atoms with van der Waals surface area (Å²) in [5.41, 5.74) is 3.27. The first-order valence-corrected chi connectivity index (χ1v) is 7.34. The number of nitrogens with two attached hydrogens (primary N) is 1. The van der Waals surface area contributed by atoms with Crippen LogP contribution < -0.4 is 16.0 Å². The molecule has 1 rings (SSSR count). The summed E-state index contributed by atoms with van der Waals surface area (Å²) < 4.78 is 5.71. The van der Waals surface area contributed by atoms with Gasteiger partial charge in [0.25, 0.3) is 5.91 Å². The minimum absolute atomic E-state index is 0.331. The van der Waals surface area contributed by atoms with Crippen LogP contribution in [0.1, 0.15) is 51.5 Å². The lowest BCUT2D eigenvalue weighted by Crippen LogP contribution is -2.42. The average Bonchev–Trinajstić information content (AvgIpc) is 2.43. The van der Waals surface area contributed by atoms with E-state index in [9.17, 15) is 4.79 Å². The Labute approximate surface area is 125 Å². The lowest BCUT2D eigenvalue weighted by Gasteiger charge is -2.19. The number of unbranched alkanes of at least 4 members (excludes halogenated alkanes) is 1. The van der Waals surface area contributed by atoms with Gasteiger partial charge in [-0.1, -0.05) is 44.9 Å². The molecular weight excluding hydrogens is 276 g/mol. The van der Waals surface area contributed by atoms with Crippen molar-refractivity contribution in [1.29, 1.82) is 0 Å². The second-order valence-electron chi connectivity index (χ2n) is 5.10. The molecule has 0 aliphatic rings. The average molecular weight is 299 g/mol. The van der Waals surface area contributed by atoms with E-state index in [-0.39, 0.29) is 5.91 Å². The molecule has 0 aromatic heterocycles. The van der Waals surface area contributed by atoms with E-state index in [1.165, 1.54) is 0 Å². The molecular formula is C15H23ClN2O2. The molecule has 4 nitrogen and oxygen atoms in total. The molecule has 112 valence electrons. The van der Waals surface area contributed by atoms with Gasteiger partial charge in [0.2, 0.25) is 0 Å². The largest absolute Gasteiger partial charge is 0.479 e. The van der Waals surface area contributed by atoms with Crippen LogP contribution in [-0.2, 0) is 4.79 Å². The topological polar surface area (TPSA) is 64.3 Å². The molecule has 0 spiro atoms. The van der Waals surface area contributed by atoms with Gasteiger partial charge in [0.1, 0.15) is 5.75 Å². The first-order valence-electron chi connectivity index (χ1n) is 6.96. The van der Waals surface area contributed by atoms with Gasteiger partial charge in [0.05, 0.1) is 5.02 Å². The summed E-state index contributed by atoms with van der Waals surface area (Å²) in [4.78, 5) is 11.7. The van der Waals surface area contributed by atoms with Gasteiger partial charge in [-0.3, -0.25) is 10.2 Å². The molecule has 0 aliphatic carbocycles. The van der Waals surface area contributed by atoms with Crippen molar-refractivity contribution in [3.8, 4) is 5.75 Å². The number of nitrogens with one attached hydrogen (secondary N) is 1. The lowest BCUT2D eigenvalue weighted by atomic mass is 10.0. The SMILES string of the molecule is CCCCC(Oc1ccc(C(C)C)cc1Cl)C(=O)NN. The highest BCUT2D eigenvalue weighted by molar-refractivity contribution is 6.32. The molecule has 0 aliphatic heterocycles. The molecule has 1 unspecified atom stereocenters. The summed E-state index contributed by atoms with van der Waals surface area (Å²) in [6, 6.07) is 5.64. The minimum Gasteiger partial charge on any atom is -0.479 e. The Hall–Kier alpha value is -1.26. The molecule has 0 fully saturated rings. The molecule has 0 bridgehead atoms. The zero-order valence-electron chi connectivity index (χ0n) is 12.3. The van der Waals surface area contributed by atoms with Gasteiger partial charge in [0.15, 0.2) is 6.10 Å². The van der Waals surface area contributed by atoms with E-state index >= 15 is 0 Å². The van der Waals surface area contributed by atoms with E-state index in [0.29, 0.717) is 23.1 Å². The number of hydrogen-bond donors (Lipinski definition) is 2. The van der Waals surface area contributed by atoms with Gasteiger partial charge in [0, 0.05) is 0 Å². The van der Waals surface area contributed by atoms with Crippen molar-refractivity contribution in [2.75, 3.05) is 0 Å². The first-order chi connectivity index (χ1) is 9.49. The van der Waals surface area contributed by atoms with Crippen molar-refractivity contribution in [2.24, 2.45) is 5.84 Å². The van der Waals surface area contributed by atoms with Crippen molar-refractivity contribution in [2.45, 2.75) is 52.1 Å². The molecule has 1 atom stereocenters. The summed E-state index contributed by atoms with van der Waals surface area (Å²) in [6.07, 6.45) is 1.88. The summed E-state index contributed by atoms with van der Waals surface area (Å²) in [6.45, 7) is 6.25. The van der Waals surface area contributed by atoms with Crippen molar-refractivity contribution >= 4 is 17.5 Å². The Morgan fingerprint density at radius 1 is 1.45 bits per heavy atom. The van der Waals surface area contributed by atoms with Crippen LogP contribution in [0.5, 0.6) is 5.75 Å². The standard InChI is InChI=1S/C15H23ClN2O2/c1-4-5-6-14(15(19)18-17)20-13-8-7-11(10(2)3)9-12(13)16/h7-10,14H,4-6,17H2,1-3H3,(H,18,19). The lowest BCUT2D eigenvalue weighted by molar-refractivity contribution is -0.128. The molecule has 0 radical (unpaired) electrons. The quantitative estimate of drug-likeness (QED) is 0.461. The maximum Gasteiger partial charge on any atom is 0.274 e. The predicted molar refractivity (Wildman–Crippen MR) is 81.8 cm³/mol. The molecule has 1 amide bonds. The van der Waals surface area contributed by atoms with Crippen molar-refractivity contribution in [3.05, 3.63) is 28.8 Å². The highest BCUT2D eigenvalue weighted by atomic mass is 35.5. The van der Waals surface area contributed by atoms with Crippen LogP contribution in [0.4, 0.5) is 0 Å². The van der Waals surface area contributed by atoms with Crippen LogP contribution in [0.3, 0.4) is 0 Å². The minimum atomic E-state index is -0.609. The van der Waals surface area contributed by atoms with E-state index in [4.69, 9.17) is 22.2 Å². The van der Waals surface area contributed by atoms with Gasteiger partial charge in [-0.15, -0.1) is 0 Å². The number of carbonyl (C=O) groups excluding carboxylic acids is 1. The highest BCUT2D eigenvalue weighted by Gasteiger charge is 2.20. The fourth-order valence-electron chi connectivity index (χ4n) is 1.85. The zero-order valence-corrected chi connectivity index (χ0v) is 13.0. The Kier molecular flexibility index (Phi) is 6.82. The second kappa shape index (κ2) is 8.12.